The quantitative estimate of drug-likeness (QED) is 0.614. The van der Waals surface area contributed by atoms with Crippen molar-refractivity contribution in [2.75, 3.05) is 20.2 Å². The lowest BCUT2D eigenvalue weighted by Gasteiger charge is -2.30. The summed E-state index contributed by atoms with van der Waals surface area (Å²) in [6, 6.07) is 0.222. The fourth-order valence-corrected chi connectivity index (χ4v) is 1.36. The van der Waals surface area contributed by atoms with Gasteiger partial charge in [-0.3, -0.25) is 4.90 Å². The SMILES string of the molecule is CCCC(N)C(CO)N(C)CC. The van der Waals surface area contributed by atoms with Crippen LogP contribution in [0.1, 0.15) is 26.7 Å². The van der Waals surface area contributed by atoms with Crippen molar-refractivity contribution in [1.29, 1.82) is 0 Å². The second kappa shape index (κ2) is 6.40. The molecule has 12 heavy (non-hydrogen) atoms. The van der Waals surface area contributed by atoms with Crippen LogP contribution in [-0.4, -0.2) is 42.3 Å². The zero-order valence-corrected chi connectivity index (χ0v) is 8.45. The Labute approximate surface area is 75.6 Å². The van der Waals surface area contributed by atoms with E-state index in [2.05, 4.69) is 18.7 Å². The van der Waals surface area contributed by atoms with Crippen LogP contribution in [0.4, 0.5) is 0 Å². The van der Waals surface area contributed by atoms with Gasteiger partial charge in [-0.05, 0) is 20.0 Å². The van der Waals surface area contributed by atoms with Gasteiger partial charge < -0.3 is 10.8 Å². The largest absolute Gasteiger partial charge is 0.395 e. The summed E-state index contributed by atoms with van der Waals surface area (Å²) in [5.41, 5.74) is 5.91. The minimum atomic E-state index is 0.102. The van der Waals surface area contributed by atoms with Crippen LogP contribution in [0.2, 0.25) is 0 Å². The van der Waals surface area contributed by atoms with Crippen LogP contribution in [0, 0.1) is 0 Å². The molecule has 0 rings (SSSR count). The number of likely N-dealkylation sites (N-methyl/N-ethyl adjacent to an activating group) is 1. The first kappa shape index (κ1) is 11.9. The molecule has 74 valence electrons. The summed E-state index contributed by atoms with van der Waals surface area (Å²) < 4.78 is 0. The Morgan fingerprint density at radius 1 is 1.42 bits per heavy atom. The average molecular weight is 174 g/mol. The number of rotatable bonds is 6. The molecule has 0 fully saturated rings. The summed E-state index contributed by atoms with van der Waals surface area (Å²) in [6.07, 6.45) is 2.06. The molecule has 3 nitrogen and oxygen atoms in total. The Balaban J connectivity index is 3.94. The maximum Gasteiger partial charge on any atom is 0.0601 e. The lowest BCUT2D eigenvalue weighted by Crippen LogP contribution is -2.48. The lowest BCUT2D eigenvalue weighted by molar-refractivity contribution is 0.128. The normalized spacial score (nSPS) is 16.5. The van der Waals surface area contributed by atoms with Gasteiger partial charge in [0.1, 0.15) is 0 Å². The Bertz CT molecular complexity index is 109. The topological polar surface area (TPSA) is 49.5 Å². The van der Waals surface area contributed by atoms with E-state index in [1.54, 1.807) is 0 Å². The third-order valence-electron chi connectivity index (χ3n) is 2.37. The van der Waals surface area contributed by atoms with Crippen LogP contribution in [0.3, 0.4) is 0 Å². The second-order valence-corrected chi connectivity index (χ2v) is 3.28. The van der Waals surface area contributed by atoms with Gasteiger partial charge >= 0.3 is 0 Å². The molecule has 0 aromatic heterocycles. The summed E-state index contributed by atoms with van der Waals surface area (Å²) in [7, 11) is 2.00. The third kappa shape index (κ3) is 3.52. The second-order valence-electron chi connectivity index (χ2n) is 3.28. The van der Waals surface area contributed by atoms with Crippen LogP contribution in [0.5, 0.6) is 0 Å². The van der Waals surface area contributed by atoms with Crippen LogP contribution in [0.25, 0.3) is 0 Å². The minimum Gasteiger partial charge on any atom is -0.395 e. The molecule has 0 bridgehead atoms. The third-order valence-corrected chi connectivity index (χ3v) is 2.37. The van der Waals surface area contributed by atoms with Gasteiger partial charge in [-0.25, -0.2) is 0 Å². The van der Waals surface area contributed by atoms with Gasteiger partial charge in [-0.15, -0.1) is 0 Å². The van der Waals surface area contributed by atoms with Gasteiger partial charge in [-0.2, -0.15) is 0 Å². The van der Waals surface area contributed by atoms with Crippen LogP contribution < -0.4 is 5.73 Å². The van der Waals surface area contributed by atoms with Crippen LogP contribution in [-0.2, 0) is 0 Å². The summed E-state index contributed by atoms with van der Waals surface area (Å²) in [6.45, 7) is 5.27. The number of aliphatic hydroxyl groups excluding tert-OH is 1. The Morgan fingerprint density at radius 3 is 2.33 bits per heavy atom. The van der Waals surface area contributed by atoms with Crippen molar-refractivity contribution >= 4 is 0 Å². The zero-order valence-electron chi connectivity index (χ0n) is 8.45. The molecule has 0 saturated heterocycles. The standard InChI is InChI=1S/C9H22N2O/c1-4-6-8(10)9(7-12)11(3)5-2/h8-9,12H,4-7,10H2,1-3H3. The first-order valence-electron chi connectivity index (χ1n) is 4.74. The molecule has 0 aliphatic carbocycles. The summed E-state index contributed by atoms with van der Waals surface area (Å²) in [5, 5.41) is 9.10. The minimum absolute atomic E-state index is 0.102. The molecule has 0 aromatic carbocycles. The number of hydrogen-bond acceptors (Lipinski definition) is 3. The smallest absolute Gasteiger partial charge is 0.0601 e. The van der Waals surface area contributed by atoms with Crippen LogP contribution in [0.15, 0.2) is 0 Å². The summed E-state index contributed by atoms with van der Waals surface area (Å²) in [4.78, 5) is 2.10. The lowest BCUT2D eigenvalue weighted by atomic mass is 10.0. The molecule has 0 saturated carbocycles. The maximum atomic E-state index is 9.10. The summed E-state index contributed by atoms with van der Waals surface area (Å²) >= 11 is 0. The van der Waals surface area contributed by atoms with Crippen LogP contribution >= 0.6 is 0 Å². The van der Waals surface area contributed by atoms with E-state index in [0.717, 1.165) is 19.4 Å². The molecule has 0 radical (unpaired) electrons. The molecule has 0 amide bonds. The van der Waals surface area contributed by atoms with E-state index in [1.165, 1.54) is 0 Å². The van der Waals surface area contributed by atoms with Crippen molar-refractivity contribution in [2.45, 2.75) is 38.8 Å². The summed E-state index contributed by atoms with van der Waals surface area (Å²) in [5.74, 6) is 0. The van der Waals surface area contributed by atoms with Gasteiger partial charge in [0.2, 0.25) is 0 Å². The first-order valence-corrected chi connectivity index (χ1v) is 4.74. The van der Waals surface area contributed by atoms with Gasteiger partial charge in [0, 0.05) is 12.1 Å². The van der Waals surface area contributed by atoms with Crippen molar-refractivity contribution in [3.63, 3.8) is 0 Å². The van der Waals surface area contributed by atoms with E-state index < -0.39 is 0 Å². The Kier molecular flexibility index (Phi) is 6.34. The average Bonchev–Trinajstić information content (AvgIpc) is 2.06. The molecule has 2 atom stereocenters. The van der Waals surface area contributed by atoms with Crippen molar-refractivity contribution in [3.8, 4) is 0 Å². The molecule has 0 spiro atoms. The highest BCUT2D eigenvalue weighted by molar-refractivity contribution is 4.78. The maximum absolute atomic E-state index is 9.10. The fourth-order valence-electron chi connectivity index (χ4n) is 1.36. The van der Waals surface area contributed by atoms with Gasteiger partial charge in [0.15, 0.2) is 0 Å². The Hall–Kier alpha value is -0.120. The molecular formula is C9H22N2O. The number of hydrogen-bond donors (Lipinski definition) is 2. The highest BCUT2D eigenvalue weighted by Crippen LogP contribution is 2.05. The van der Waals surface area contributed by atoms with E-state index in [4.69, 9.17) is 10.8 Å². The molecule has 3 heteroatoms. The van der Waals surface area contributed by atoms with E-state index in [9.17, 15) is 0 Å². The number of nitrogens with two attached hydrogens (primary N) is 1. The molecular weight excluding hydrogens is 152 g/mol. The van der Waals surface area contributed by atoms with Gasteiger partial charge in [0.25, 0.3) is 0 Å². The van der Waals surface area contributed by atoms with Gasteiger partial charge in [-0.1, -0.05) is 20.3 Å². The highest BCUT2D eigenvalue weighted by atomic mass is 16.3. The van der Waals surface area contributed by atoms with E-state index >= 15 is 0 Å². The monoisotopic (exact) mass is 174 g/mol. The predicted octanol–water partition coefficient (Wildman–Crippen LogP) is 0.426. The molecule has 0 aliphatic heterocycles. The highest BCUT2D eigenvalue weighted by Gasteiger charge is 2.19. The molecule has 0 aromatic rings. The van der Waals surface area contributed by atoms with Crippen molar-refractivity contribution < 1.29 is 5.11 Å². The van der Waals surface area contributed by atoms with Gasteiger partial charge in [0.05, 0.1) is 6.61 Å². The molecule has 2 unspecified atom stereocenters. The predicted molar refractivity (Wildman–Crippen MR) is 52.1 cm³/mol. The molecule has 0 aliphatic rings. The fraction of sp³-hybridized carbons (Fsp3) is 1.00. The van der Waals surface area contributed by atoms with E-state index in [1.807, 2.05) is 7.05 Å². The zero-order chi connectivity index (χ0) is 9.56. The number of nitrogens with zero attached hydrogens (tertiary/aromatic N) is 1. The van der Waals surface area contributed by atoms with Crippen molar-refractivity contribution in [3.05, 3.63) is 0 Å². The molecule has 0 heterocycles. The number of aliphatic hydroxyl groups is 1. The molecule has 3 N–H and O–H groups in total. The Morgan fingerprint density at radius 2 is 2.00 bits per heavy atom. The van der Waals surface area contributed by atoms with Crippen molar-refractivity contribution in [2.24, 2.45) is 5.73 Å². The van der Waals surface area contributed by atoms with E-state index in [-0.39, 0.29) is 18.7 Å². The first-order chi connectivity index (χ1) is 5.67. The van der Waals surface area contributed by atoms with Crippen molar-refractivity contribution in [1.82, 2.24) is 4.90 Å². The van der Waals surface area contributed by atoms with E-state index in [0.29, 0.717) is 0 Å².